The van der Waals surface area contributed by atoms with E-state index < -0.39 is 91.4 Å². The summed E-state index contributed by atoms with van der Waals surface area (Å²) in [5, 5.41) is 33.6. The third-order valence-corrected chi connectivity index (χ3v) is 4.64. The molecule has 0 saturated heterocycles. The number of amides is 4. The summed E-state index contributed by atoms with van der Waals surface area (Å²) in [4.78, 5) is 82.1. The van der Waals surface area contributed by atoms with Gasteiger partial charge >= 0.3 is 17.9 Å². The molecule has 0 bridgehead atoms. The minimum Gasteiger partial charge on any atom is -0.481 e. The van der Waals surface area contributed by atoms with E-state index in [1.54, 1.807) is 0 Å². The lowest BCUT2D eigenvalue weighted by Crippen LogP contribution is -2.57. The number of carbonyl (C=O) groups is 7. The highest BCUT2D eigenvalue weighted by Crippen LogP contribution is 2.07. The van der Waals surface area contributed by atoms with Crippen molar-refractivity contribution in [3.05, 3.63) is 0 Å². The van der Waals surface area contributed by atoms with Gasteiger partial charge < -0.3 is 42.7 Å². The van der Waals surface area contributed by atoms with Crippen molar-refractivity contribution in [2.45, 2.75) is 76.5 Å². The summed E-state index contributed by atoms with van der Waals surface area (Å²) in [7, 11) is 0. The molecule has 4 atom stereocenters. The molecule has 0 fully saturated rings. The van der Waals surface area contributed by atoms with Crippen molar-refractivity contribution in [3.8, 4) is 0 Å². The molecule has 15 nitrogen and oxygen atoms in total. The Morgan fingerprint density at radius 1 is 0.714 bits per heavy atom. The molecule has 0 heterocycles. The molecule has 10 N–H and O–H groups in total. The van der Waals surface area contributed by atoms with Crippen LogP contribution in [0.4, 0.5) is 0 Å². The Morgan fingerprint density at radius 3 is 1.46 bits per heavy atom. The van der Waals surface area contributed by atoms with Crippen molar-refractivity contribution in [1.29, 1.82) is 0 Å². The molecule has 0 aliphatic rings. The highest BCUT2D eigenvalue weighted by molar-refractivity contribution is 5.95. The zero-order chi connectivity index (χ0) is 27.3. The summed E-state index contributed by atoms with van der Waals surface area (Å²) in [5.41, 5.74) is 10.8. The van der Waals surface area contributed by atoms with Crippen molar-refractivity contribution in [3.63, 3.8) is 0 Å². The minimum atomic E-state index is -1.74. The maximum Gasteiger partial charge on any atom is 0.326 e. The van der Waals surface area contributed by atoms with E-state index in [0.29, 0.717) is 0 Å². The Hall–Kier alpha value is -3.75. The van der Waals surface area contributed by atoms with Gasteiger partial charge in [-0.25, -0.2) is 4.79 Å². The molecule has 35 heavy (non-hydrogen) atoms. The Bertz CT molecular complexity index is 816. The van der Waals surface area contributed by atoms with E-state index in [0.717, 1.165) is 0 Å². The van der Waals surface area contributed by atoms with Gasteiger partial charge in [-0.15, -0.1) is 0 Å². The van der Waals surface area contributed by atoms with Crippen LogP contribution in [-0.4, -0.2) is 81.0 Å². The summed E-state index contributed by atoms with van der Waals surface area (Å²) >= 11 is 0. The largest absolute Gasteiger partial charge is 0.481 e. The van der Waals surface area contributed by atoms with Gasteiger partial charge in [-0.2, -0.15) is 0 Å². The standard InChI is InChI=1S/C20H33N5O10/c1-9(2)7-10(21)17(31)23-11(3-5-15(27)28)18(32)24-12(4-6-16(29)30)19(33)25-13(20(34)35)8-14(22)26/h9-13H,3-8,21H2,1-2H3,(H2,22,26)(H,23,31)(H,24,32)(H,25,33)(H,27,28)(H,29,30)(H,34,35). The van der Waals surface area contributed by atoms with Gasteiger partial charge in [0.15, 0.2) is 0 Å². The van der Waals surface area contributed by atoms with Gasteiger partial charge in [-0.1, -0.05) is 13.8 Å². The van der Waals surface area contributed by atoms with Crippen LogP contribution in [-0.2, 0) is 33.6 Å². The predicted molar refractivity (Wildman–Crippen MR) is 118 cm³/mol. The van der Waals surface area contributed by atoms with E-state index in [4.69, 9.17) is 26.8 Å². The molecule has 4 amide bonds. The summed E-state index contributed by atoms with van der Waals surface area (Å²) in [6.07, 6.45) is -2.44. The molecule has 0 aromatic rings. The second kappa shape index (κ2) is 15.2. The van der Waals surface area contributed by atoms with E-state index in [9.17, 15) is 33.6 Å². The second-order valence-corrected chi connectivity index (χ2v) is 8.29. The molecule has 0 aliphatic carbocycles. The van der Waals surface area contributed by atoms with Gasteiger partial charge in [0.2, 0.25) is 23.6 Å². The highest BCUT2D eigenvalue weighted by atomic mass is 16.4. The van der Waals surface area contributed by atoms with E-state index in [-0.39, 0.29) is 18.8 Å². The van der Waals surface area contributed by atoms with Crippen molar-refractivity contribution in [1.82, 2.24) is 16.0 Å². The topological polar surface area (TPSA) is 268 Å². The zero-order valence-electron chi connectivity index (χ0n) is 19.5. The lowest BCUT2D eigenvalue weighted by atomic mass is 10.0. The summed E-state index contributed by atoms with van der Waals surface area (Å²) < 4.78 is 0. The van der Waals surface area contributed by atoms with Crippen LogP contribution < -0.4 is 27.4 Å². The number of carbonyl (C=O) groups excluding carboxylic acids is 4. The third kappa shape index (κ3) is 13.5. The number of rotatable bonds is 17. The van der Waals surface area contributed by atoms with Gasteiger partial charge in [0.1, 0.15) is 18.1 Å². The summed E-state index contributed by atoms with van der Waals surface area (Å²) in [6.45, 7) is 3.63. The Morgan fingerprint density at radius 2 is 1.11 bits per heavy atom. The van der Waals surface area contributed by atoms with Crippen molar-refractivity contribution in [2.75, 3.05) is 0 Å². The van der Waals surface area contributed by atoms with Crippen molar-refractivity contribution >= 4 is 41.5 Å². The first-order valence-electron chi connectivity index (χ1n) is 10.7. The summed E-state index contributed by atoms with van der Waals surface area (Å²) in [5.74, 6) is -8.02. The van der Waals surface area contributed by atoms with Crippen LogP contribution >= 0.6 is 0 Å². The molecule has 0 saturated carbocycles. The fraction of sp³-hybridized carbons (Fsp3) is 0.650. The molecule has 0 spiro atoms. The number of hydrogen-bond acceptors (Lipinski definition) is 8. The number of carboxylic acids is 3. The van der Waals surface area contributed by atoms with Crippen molar-refractivity contribution in [2.24, 2.45) is 17.4 Å². The van der Waals surface area contributed by atoms with Crippen LogP contribution in [0.2, 0.25) is 0 Å². The van der Waals surface area contributed by atoms with Gasteiger partial charge in [-0.05, 0) is 25.2 Å². The molecular formula is C20H33N5O10. The number of carboxylic acid groups (broad SMARTS) is 3. The monoisotopic (exact) mass is 503 g/mol. The van der Waals surface area contributed by atoms with Crippen LogP contribution in [0.3, 0.4) is 0 Å². The number of aliphatic carboxylic acids is 3. The average molecular weight is 504 g/mol. The fourth-order valence-corrected chi connectivity index (χ4v) is 2.91. The lowest BCUT2D eigenvalue weighted by molar-refractivity contribution is -0.144. The average Bonchev–Trinajstić information content (AvgIpc) is 2.71. The molecular weight excluding hydrogens is 470 g/mol. The van der Waals surface area contributed by atoms with E-state index >= 15 is 0 Å². The molecule has 0 aliphatic heterocycles. The number of primary amides is 1. The third-order valence-electron chi connectivity index (χ3n) is 4.64. The number of hydrogen-bond donors (Lipinski definition) is 8. The molecule has 0 aromatic heterocycles. The van der Waals surface area contributed by atoms with Gasteiger partial charge in [0.25, 0.3) is 0 Å². The maximum absolute atomic E-state index is 12.8. The molecule has 198 valence electrons. The zero-order valence-corrected chi connectivity index (χ0v) is 19.5. The van der Waals surface area contributed by atoms with Crippen LogP contribution in [0.1, 0.15) is 52.4 Å². The summed E-state index contributed by atoms with van der Waals surface area (Å²) in [6, 6.07) is -5.74. The fourth-order valence-electron chi connectivity index (χ4n) is 2.91. The predicted octanol–water partition coefficient (Wildman–Crippen LogP) is -2.50. The SMILES string of the molecule is CC(C)CC(N)C(=O)NC(CCC(=O)O)C(=O)NC(CCC(=O)O)C(=O)NC(CC(N)=O)C(=O)O. The lowest BCUT2D eigenvalue weighted by Gasteiger charge is -2.25. The molecule has 4 unspecified atom stereocenters. The van der Waals surface area contributed by atoms with Crippen molar-refractivity contribution < 1.29 is 48.9 Å². The normalized spacial score (nSPS) is 14.2. The van der Waals surface area contributed by atoms with Gasteiger partial charge in [0, 0.05) is 12.8 Å². The van der Waals surface area contributed by atoms with Crippen LogP contribution in [0.5, 0.6) is 0 Å². The van der Waals surface area contributed by atoms with E-state index in [2.05, 4.69) is 10.6 Å². The molecule has 0 rings (SSSR count). The Balaban J connectivity index is 5.65. The first-order chi connectivity index (χ1) is 16.1. The first kappa shape index (κ1) is 31.2. The van der Waals surface area contributed by atoms with Crippen LogP contribution in [0, 0.1) is 5.92 Å². The van der Waals surface area contributed by atoms with E-state index in [1.165, 1.54) is 0 Å². The Kier molecular flexibility index (Phi) is 13.6. The quantitative estimate of drug-likeness (QED) is 0.103. The highest BCUT2D eigenvalue weighted by Gasteiger charge is 2.31. The first-order valence-corrected chi connectivity index (χ1v) is 10.7. The minimum absolute atomic E-state index is 0.0497. The van der Waals surface area contributed by atoms with Crippen LogP contribution in [0.25, 0.3) is 0 Å². The maximum atomic E-state index is 12.8. The van der Waals surface area contributed by atoms with Gasteiger partial charge in [-0.3, -0.25) is 28.8 Å². The number of nitrogens with two attached hydrogens (primary N) is 2. The molecule has 15 heteroatoms. The smallest absolute Gasteiger partial charge is 0.326 e. The van der Waals surface area contributed by atoms with Crippen LogP contribution in [0.15, 0.2) is 0 Å². The Labute approximate surface area is 201 Å². The molecule has 0 aromatic carbocycles. The van der Waals surface area contributed by atoms with Gasteiger partial charge in [0.05, 0.1) is 12.5 Å². The molecule has 0 radical (unpaired) electrons. The second-order valence-electron chi connectivity index (χ2n) is 8.29. The number of nitrogens with one attached hydrogen (secondary N) is 3. The van der Waals surface area contributed by atoms with E-state index in [1.807, 2.05) is 19.2 Å².